The monoisotopic (exact) mass is 510 g/mol. The van der Waals surface area contributed by atoms with E-state index in [4.69, 9.17) is 0 Å². The van der Waals surface area contributed by atoms with Crippen LogP contribution in [-0.4, -0.2) is 5.78 Å². The van der Waals surface area contributed by atoms with E-state index in [0.717, 1.165) is 0 Å². The number of Topliss-reactive ketones (excluding diaryl/α,β-unsaturated/α-hetero) is 1. The third kappa shape index (κ3) is 7.66. The lowest BCUT2D eigenvalue weighted by Crippen LogP contribution is -2.13. The summed E-state index contributed by atoms with van der Waals surface area (Å²) in [4.78, 5) is 12.0. The molecule has 2 aromatic carbocycles. The maximum absolute atomic E-state index is 12.9. The van der Waals surface area contributed by atoms with Crippen LogP contribution in [0.15, 0.2) is 36.4 Å². The molecule has 0 amide bonds. The van der Waals surface area contributed by atoms with Crippen LogP contribution >= 0.6 is 0 Å². The summed E-state index contributed by atoms with van der Waals surface area (Å²) < 4.78 is 155. The fourth-order valence-electron chi connectivity index (χ4n) is 3.02. The van der Waals surface area contributed by atoms with Crippen molar-refractivity contribution in [1.29, 1.82) is 0 Å². The Morgan fingerprint density at radius 2 is 0.706 bits per heavy atom. The molecule has 2 rings (SSSR count). The number of alkyl halides is 12. The van der Waals surface area contributed by atoms with Crippen LogP contribution < -0.4 is 0 Å². The van der Waals surface area contributed by atoms with E-state index in [0.29, 0.717) is 24.3 Å². The number of aryl methyl sites for hydroxylation is 2. The quantitative estimate of drug-likeness (QED) is 0.361. The number of hydrogen-bond donors (Lipinski definition) is 0. The Kier molecular flexibility index (Phi) is 7.68. The SMILES string of the molecule is O=C(CCc1cc(C(F)(F)F)cc(C(F)(F)F)c1)CCc1cc(C(F)(F)F)cc(C(F)(F)F)c1. The van der Waals surface area contributed by atoms with Crippen molar-refractivity contribution in [1.82, 2.24) is 0 Å². The zero-order chi connectivity index (χ0) is 26.1. The van der Waals surface area contributed by atoms with Crippen LogP contribution in [-0.2, 0) is 42.3 Å². The summed E-state index contributed by atoms with van der Waals surface area (Å²) >= 11 is 0. The third-order valence-corrected chi connectivity index (χ3v) is 4.68. The standard InChI is InChI=1S/C21H14F12O/c22-18(23,24)13-5-11(6-14(9-13)19(25,26)27)1-3-17(34)4-2-12-7-15(20(28,29)30)10-16(8-12)21(31,32)33/h5-10H,1-4H2. The Labute approximate surface area is 184 Å². The molecule has 0 unspecified atom stereocenters. The molecule has 0 heterocycles. The van der Waals surface area contributed by atoms with E-state index in [2.05, 4.69) is 0 Å². The summed E-state index contributed by atoms with van der Waals surface area (Å²) in [6.45, 7) is 0. The van der Waals surface area contributed by atoms with Crippen molar-refractivity contribution in [2.75, 3.05) is 0 Å². The van der Waals surface area contributed by atoms with Crippen LogP contribution in [0.5, 0.6) is 0 Å². The highest BCUT2D eigenvalue weighted by molar-refractivity contribution is 5.78. The molecule has 0 fully saturated rings. The third-order valence-electron chi connectivity index (χ3n) is 4.68. The lowest BCUT2D eigenvalue weighted by molar-refractivity contribution is -0.144. The number of carbonyl (C=O) groups is 1. The van der Waals surface area contributed by atoms with E-state index in [1.807, 2.05) is 0 Å². The van der Waals surface area contributed by atoms with Crippen molar-refractivity contribution in [3.8, 4) is 0 Å². The van der Waals surface area contributed by atoms with Gasteiger partial charge in [-0.3, -0.25) is 4.79 Å². The molecule has 0 atom stereocenters. The van der Waals surface area contributed by atoms with Gasteiger partial charge < -0.3 is 0 Å². The molecule has 188 valence electrons. The predicted molar refractivity (Wildman–Crippen MR) is 94.5 cm³/mol. The summed E-state index contributed by atoms with van der Waals surface area (Å²) in [7, 11) is 0. The van der Waals surface area contributed by atoms with Crippen LogP contribution in [0.2, 0.25) is 0 Å². The molecule has 0 radical (unpaired) electrons. The molecule has 0 N–H and O–H groups in total. The number of hydrogen-bond acceptors (Lipinski definition) is 1. The van der Waals surface area contributed by atoms with Gasteiger partial charge in [0.1, 0.15) is 5.78 Å². The second kappa shape index (κ2) is 9.49. The molecular weight excluding hydrogens is 496 g/mol. The van der Waals surface area contributed by atoms with Gasteiger partial charge >= 0.3 is 24.7 Å². The molecule has 2 aromatic rings. The summed E-state index contributed by atoms with van der Waals surface area (Å²) in [6.07, 6.45) is -22.5. The van der Waals surface area contributed by atoms with E-state index in [9.17, 15) is 57.5 Å². The molecule has 0 saturated heterocycles. The highest BCUT2D eigenvalue weighted by Gasteiger charge is 2.38. The summed E-state index contributed by atoms with van der Waals surface area (Å²) in [5.74, 6) is -0.767. The lowest BCUT2D eigenvalue weighted by Gasteiger charge is -2.14. The summed E-state index contributed by atoms with van der Waals surface area (Å²) in [5, 5.41) is 0. The predicted octanol–water partition coefficient (Wildman–Crippen LogP) is 7.90. The molecular formula is C21H14F12O. The molecule has 34 heavy (non-hydrogen) atoms. The second-order valence-electron chi connectivity index (χ2n) is 7.37. The van der Waals surface area contributed by atoms with Crippen molar-refractivity contribution in [3.05, 3.63) is 69.8 Å². The molecule has 0 saturated carbocycles. The van der Waals surface area contributed by atoms with Crippen LogP contribution in [0.3, 0.4) is 0 Å². The average molecular weight is 510 g/mol. The average Bonchev–Trinajstić information content (AvgIpc) is 2.67. The van der Waals surface area contributed by atoms with Crippen LogP contribution in [0, 0.1) is 0 Å². The van der Waals surface area contributed by atoms with Gasteiger partial charge in [0.25, 0.3) is 0 Å². The Morgan fingerprint density at radius 1 is 0.471 bits per heavy atom. The van der Waals surface area contributed by atoms with Gasteiger partial charge in [-0.25, -0.2) is 0 Å². The lowest BCUT2D eigenvalue weighted by atomic mass is 9.97. The fraction of sp³-hybridized carbons (Fsp3) is 0.381. The van der Waals surface area contributed by atoms with Gasteiger partial charge in [0, 0.05) is 12.8 Å². The van der Waals surface area contributed by atoms with Gasteiger partial charge in [0.15, 0.2) is 0 Å². The van der Waals surface area contributed by atoms with Crippen molar-refractivity contribution in [3.63, 3.8) is 0 Å². The first-order valence-electron chi connectivity index (χ1n) is 9.35. The van der Waals surface area contributed by atoms with E-state index < -0.39 is 89.6 Å². The summed E-state index contributed by atoms with van der Waals surface area (Å²) in [5.41, 5.74) is -7.20. The molecule has 1 nitrogen and oxygen atoms in total. The number of carbonyl (C=O) groups excluding carboxylic acids is 1. The first-order chi connectivity index (χ1) is 15.3. The Balaban J connectivity index is 2.15. The topological polar surface area (TPSA) is 17.1 Å². The van der Waals surface area contributed by atoms with Crippen molar-refractivity contribution < 1.29 is 57.5 Å². The summed E-state index contributed by atoms with van der Waals surface area (Å²) in [6, 6.07) is 1.57. The number of benzene rings is 2. The molecule has 0 aromatic heterocycles. The van der Waals surface area contributed by atoms with E-state index in [-0.39, 0.29) is 12.1 Å². The van der Waals surface area contributed by atoms with Crippen molar-refractivity contribution in [2.24, 2.45) is 0 Å². The Hall–Kier alpha value is -2.73. The molecule has 0 aliphatic carbocycles. The number of ketones is 1. The smallest absolute Gasteiger partial charge is 0.300 e. The highest BCUT2D eigenvalue weighted by atomic mass is 19.4. The zero-order valence-electron chi connectivity index (χ0n) is 16.7. The van der Waals surface area contributed by atoms with E-state index in [1.54, 1.807) is 0 Å². The van der Waals surface area contributed by atoms with E-state index in [1.165, 1.54) is 0 Å². The molecule has 0 bridgehead atoms. The Bertz CT molecular complexity index is 880. The minimum absolute atomic E-state index is 0.0861. The van der Waals surface area contributed by atoms with Gasteiger partial charge in [-0.2, -0.15) is 52.7 Å². The van der Waals surface area contributed by atoms with Crippen molar-refractivity contribution in [2.45, 2.75) is 50.4 Å². The van der Waals surface area contributed by atoms with Gasteiger partial charge in [-0.15, -0.1) is 0 Å². The normalized spacial score (nSPS) is 13.3. The molecule has 0 aliphatic rings. The van der Waals surface area contributed by atoms with Gasteiger partial charge in [0.2, 0.25) is 0 Å². The second-order valence-corrected chi connectivity index (χ2v) is 7.37. The minimum atomic E-state index is -5.08. The van der Waals surface area contributed by atoms with Crippen LogP contribution in [0.1, 0.15) is 46.2 Å². The first kappa shape index (κ1) is 27.5. The maximum atomic E-state index is 12.9. The van der Waals surface area contributed by atoms with Crippen LogP contribution in [0.4, 0.5) is 52.7 Å². The highest BCUT2D eigenvalue weighted by Crippen LogP contribution is 2.38. The molecule has 13 heteroatoms. The van der Waals surface area contributed by atoms with Gasteiger partial charge in [-0.1, -0.05) is 0 Å². The molecule has 0 spiro atoms. The largest absolute Gasteiger partial charge is 0.416 e. The van der Waals surface area contributed by atoms with Gasteiger partial charge in [0.05, 0.1) is 22.3 Å². The first-order valence-corrected chi connectivity index (χ1v) is 9.35. The fourth-order valence-corrected chi connectivity index (χ4v) is 3.02. The van der Waals surface area contributed by atoms with Crippen molar-refractivity contribution >= 4 is 5.78 Å². The van der Waals surface area contributed by atoms with E-state index >= 15 is 0 Å². The van der Waals surface area contributed by atoms with Gasteiger partial charge in [-0.05, 0) is 60.4 Å². The minimum Gasteiger partial charge on any atom is -0.300 e. The Morgan fingerprint density at radius 3 is 0.912 bits per heavy atom. The number of halogens is 12. The van der Waals surface area contributed by atoms with Crippen LogP contribution in [0.25, 0.3) is 0 Å². The zero-order valence-corrected chi connectivity index (χ0v) is 16.7. The maximum Gasteiger partial charge on any atom is 0.416 e. The molecule has 0 aliphatic heterocycles. The number of rotatable bonds is 6.